The van der Waals surface area contributed by atoms with Crippen LogP contribution in [0.4, 0.5) is 0 Å². The third kappa shape index (κ3) is 4.85. The summed E-state index contributed by atoms with van der Waals surface area (Å²) in [6.45, 7) is 9.65. The topological polar surface area (TPSA) is 52.1 Å². The minimum absolute atomic E-state index is 0.341. The molecule has 0 bridgehead atoms. The smallest absolute Gasteiger partial charge is 0.350 e. The zero-order chi connectivity index (χ0) is 17.1. The van der Waals surface area contributed by atoms with Crippen LogP contribution >= 0.6 is 11.6 Å². The first-order chi connectivity index (χ1) is 10.7. The van der Waals surface area contributed by atoms with Crippen LogP contribution in [0.3, 0.4) is 0 Å². The Morgan fingerprint density at radius 1 is 1.13 bits per heavy atom. The SMILES string of the molecule is CC(C)(Oc1ccc(Cl)cc1)C(=O)OC(C)(C)C1CC[NH2+]CC1. The van der Waals surface area contributed by atoms with Crippen LogP contribution in [0.2, 0.25) is 5.02 Å². The van der Waals surface area contributed by atoms with Crippen LogP contribution in [-0.4, -0.2) is 30.3 Å². The fourth-order valence-electron chi connectivity index (χ4n) is 2.91. The summed E-state index contributed by atoms with van der Waals surface area (Å²) in [5, 5.41) is 2.94. The lowest BCUT2D eigenvalue weighted by Gasteiger charge is -2.37. The number of benzene rings is 1. The lowest BCUT2D eigenvalue weighted by molar-refractivity contribution is -0.665. The van der Waals surface area contributed by atoms with Crippen molar-refractivity contribution in [2.24, 2.45) is 5.92 Å². The van der Waals surface area contributed by atoms with Gasteiger partial charge < -0.3 is 14.8 Å². The summed E-state index contributed by atoms with van der Waals surface area (Å²) < 4.78 is 11.6. The Labute approximate surface area is 143 Å². The van der Waals surface area contributed by atoms with Crippen LogP contribution in [0.15, 0.2) is 24.3 Å². The first-order valence-corrected chi connectivity index (χ1v) is 8.58. The monoisotopic (exact) mass is 340 g/mol. The molecule has 1 aliphatic heterocycles. The number of hydrogen-bond donors (Lipinski definition) is 1. The van der Waals surface area contributed by atoms with Crippen LogP contribution < -0.4 is 10.1 Å². The van der Waals surface area contributed by atoms with E-state index >= 15 is 0 Å². The molecule has 5 heteroatoms. The van der Waals surface area contributed by atoms with Gasteiger partial charge in [0.2, 0.25) is 0 Å². The van der Waals surface area contributed by atoms with Crippen LogP contribution in [0.25, 0.3) is 0 Å². The number of rotatable bonds is 5. The number of hydrogen-bond acceptors (Lipinski definition) is 3. The molecule has 23 heavy (non-hydrogen) atoms. The Kier molecular flexibility index (Phi) is 5.58. The summed E-state index contributed by atoms with van der Waals surface area (Å²) in [6, 6.07) is 6.97. The molecule has 1 saturated heterocycles. The van der Waals surface area contributed by atoms with Crippen LogP contribution in [0.1, 0.15) is 40.5 Å². The third-order valence-corrected chi connectivity index (χ3v) is 4.71. The van der Waals surface area contributed by atoms with Crippen molar-refractivity contribution in [3.05, 3.63) is 29.3 Å². The van der Waals surface area contributed by atoms with Gasteiger partial charge in [0, 0.05) is 23.8 Å². The molecule has 0 unspecified atom stereocenters. The molecule has 128 valence electrons. The number of ether oxygens (including phenoxy) is 2. The molecular weight excluding hydrogens is 314 g/mol. The highest BCUT2D eigenvalue weighted by Gasteiger charge is 2.40. The maximum atomic E-state index is 12.6. The summed E-state index contributed by atoms with van der Waals surface area (Å²) >= 11 is 5.87. The Morgan fingerprint density at radius 3 is 2.26 bits per heavy atom. The van der Waals surface area contributed by atoms with E-state index in [1.807, 2.05) is 13.8 Å². The van der Waals surface area contributed by atoms with Gasteiger partial charge in [-0.2, -0.15) is 0 Å². The number of nitrogens with two attached hydrogens (primary N) is 1. The van der Waals surface area contributed by atoms with Gasteiger partial charge in [0.25, 0.3) is 0 Å². The molecule has 0 saturated carbocycles. The Bertz CT molecular complexity index is 534. The Balaban J connectivity index is 2.00. The molecule has 0 amide bonds. The minimum Gasteiger partial charge on any atom is -0.476 e. The predicted molar refractivity (Wildman–Crippen MR) is 90.7 cm³/mol. The van der Waals surface area contributed by atoms with Gasteiger partial charge in [0.05, 0.1) is 13.1 Å². The standard InChI is InChI=1S/C18H26ClNO3/c1-17(2,13-9-11-20-12-10-13)23-16(21)18(3,4)22-15-7-5-14(19)6-8-15/h5-8,13,20H,9-12H2,1-4H3/p+1. The second-order valence-corrected chi connectivity index (χ2v) is 7.64. The highest BCUT2D eigenvalue weighted by Crippen LogP contribution is 2.30. The molecule has 2 rings (SSSR count). The predicted octanol–water partition coefficient (Wildman–Crippen LogP) is 2.79. The molecule has 0 aromatic heterocycles. The van der Waals surface area contributed by atoms with E-state index in [0.717, 1.165) is 25.9 Å². The number of carbonyl (C=O) groups is 1. The molecule has 0 radical (unpaired) electrons. The minimum atomic E-state index is -1.05. The first kappa shape index (κ1) is 18.1. The molecule has 1 aliphatic rings. The fourth-order valence-corrected chi connectivity index (χ4v) is 3.03. The Hall–Kier alpha value is -1.26. The van der Waals surface area contributed by atoms with Gasteiger partial charge in [-0.15, -0.1) is 0 Å². The van der Waals surface area contributed by atoms with E-state index in [4.69, 9.17) is 21.1 Å². The molecule has 1 fully saturated rings. The molecule has 2 N–H and O–H groups in total. The van der Waals surface area contributed by atoms with Crippen molar-refractivity contribution in [3.63, 3.8) is 0 Å². The number of esters is 1. The van der Waals surface area contributed by atoms with Crippen LogP contribution in [-0.2, 0) is 9.53 Å². The van der Waals surface area contributed by atoms with Crippen molar-refractivity contribution in [1.82, 2.24) is 0 Å². The maximum absolute atomic E-state index is 12.6. The average molecular weight is 341 g/mol. The van der Waals surface area contributed by atoms with Crippen molar-refractivity contribution in [2.75, 3.05) is 13.1 Å². The molecule has 1 aromatic carbocycles. The second-order valence-electron chi connectivity index (χ2n) is 7.20. The van der Waals surface area contributed by atoms with E-state index in [2.05, 4.69) is 5.32 Å². The second kappa shape index (κ2) is 7.10. The lowest BCUT2D eigenvalue weighted by Crippen LogP contribution is -2.86. The average Bonchev–Trinajstić information content (AvgIpc) is 2.50. The number of quaternary nitrogens is 1. The van der Waals surface area contributed by atoms with Gasteiger partial charge in [-0.25, -0.2) is 4.79 Å². The maximum Gasteiger partial charge on any atom is 0.350 e. The molecule has 1 heterocycles. The van der Waals surface area contributed by atoms with E-state index in [-0.39, 0.29) is 5.97 Å². The fraction of sp³-hybridized carbons (Fsp3) is 0.611. The van der Waals surface area contributed by atoms with E-state index in [9.17, 15) is 4.79 Å². The quantitative estimate of drug-likeness (QED) is 0.838. The summed E-state index contributed by atoms with van der Waals surface area (Å²) in [5.74, 6) is 0.649. The van der Waals surface area contributed by atoms with E-state index in [1.54, 1.807) is 38.1 Å². The zero-order valence-corrected chi connectivity index (χ0v) is 15.2. The van der Waals surface area contributed by atoms with Gasteiger partial charge in [0.1, 0.15) is 11.4 Å². The Morgan fingerprint density at radius 2 is 1.70 bits per heavy atom. The van der Waals surface area contributed by atoms with Gasteiger partial charge in [-0.05, 0) is 52.0 Å². The van der Waals surface area contributed by atoms with Gasteiger partial charge in [0.15, 0.2) is 5.60 Å². The molecular formula is C18H27ClNO3+. The van der Waals surface area contributed by atoms with Crippen LogP contribution in [0, 0.1) is 5.92 Å². The molecule has 0 aliphatic carbocycles. The number of halogens is 1. The van der Waals surface area contributed by atoms with E-state index < -0.39 is 11.2 Å². The number of carbonyl (C=O) groups excluding carboxylic acids is 1. The van der Waals surface area contributed by atoms with Crippen LogP contribution in [0.5, 0.6) is 5.75 Å². The molecule has 1 aromatic rings. The molecule has 4 nitrogen and oxygen atoms in total. The summed E-state index contributed by atoms with van der Waals surface area (Å²) in [7, 11) is 0. The van der Waals surface area contributed by atoms with Crippen molar-refractivity contribution in [3.8, 4) is 5.75 Å². The zero-order valence-electron chi connectivity index (χ0n) is 14.4. The normalized spacial score (nSPS) is 16.9. The molecule has 0 spiro atoms. The number of piperidine rings is 1. The van der Waals surface area contributed by atoms with Gasteiger partial charge in [-0.1, -0.05) is 11.6 Å². The van der Waals surface area contributed by atoms with Crippen molar-refractivity contribution >= 4 is 17.6 Å². The third-order valence-electron chi connectivity index (χ3n) is 4.46. The largest absolute Gasteiger partial charge is 0.476 e. The van der Waals surface area contributed by atoms with Gasteiger partial charge in [-0.3, -0.25) is 0 Å². The van der Waals surface area contributed by atoms with Crippen molar-refractivity contribution in [1.29, 1.82) is 0 Å². The van der Waals surface area contributed by atoms with E-state index in [1.165, 1.54) is 0 Å². The van der Waals surface area contributed by atoms with Gasteiger partial charge >= 0.3 is 5.97 Å². The summed E-state index contributed by atoms with van der Waals surface area (Å²) in [5.41, 5.74) is -1.53. The van der Waals surface area contributed by atoms with Crippen molar-refractivity contribution < 1.29 is 19.6 Å². The first-order valence-electron chi connectivity index (χ1n) is 8.20. The summed E-state index contributed by atoms with van der Waals surface area (Å²) in [6.07, 6.45) is 2.14. The van der Waals surface area contributed by atoms with Crippen molar-refractivity contribution in [2.45, 2.75) is 51.7 Å². The van der Waals surface area contributed by atoms with E-state index in [0.29, 0.717) is 16.7 Å². The molecule has 0 atom stereocenters. The summed E-state index contributed by atoms with van der Waals surface area (Å²) in [4.78, 5) is 12.6. The lowest BCUT2D eigenvalue weighted by atomic mass is 9.83. The highest BCUT2D eigenvalue weighted by atomic mass is 35.5. The highest BCUT2D eigenvalue weighted by molar-refractivity contribution is 6.30.